The molecule has 1 saturated heterocycles. The normalized spacial score (nSPS) is 16.4. The molecule has 0 amide bonds. The number of nitrogens with one attached hydrogen (secondary N) is 1. The summed E-state index contributed by atoms with van der Waals surface area (Å²) in [6.45, 7) is 7.74. The number of aliphatic imine (C=N–C) groups is 1. The quantitative estimate of drug-likeness (QED) is 0.300. The van der Waals surface area contributed by atoms with E-state index in [1.54, 1.807) is 7.11 Å². The monoisotopic (exact) mass is 523 g/mol. The van der Waals surface area contributed by atoms with Crippen LogP contribution in [0.2, 0.25) is 0 Å². The Morgan fingerprint density at radius 3 is 2.53 bits per heavy atom. The Balaban J connectivity index is 0.00000320. The van der Waals surface area contributed by atoms with Crippen LogP contribution in [0, 0.1) is 5.92 Å². The summed E-state index contributed by atoms with van der Waals surface area (Å²) in [7, 11) is 1.73. The fourth-order valence-corrected chi connectivity index (χ4v) is 3.67. The lowest BCUT2D eigenvalue weighted by molar-refractivity contribution is 0.0906. The number of benzene rings is 2. The largest absolute Gasteiger partial charge is 0.380 e. The fourth-order valence-electron chi connectivity index (χ4n) is 3.67. The van der Waals surface area contributed by atoms with Crippen LogP contribution in [0.4, 0.5) is 0 Å². The number of likely N-dealkylation sites (tertiary alicyclic amines) is 1. The lowest BCUT2D eigenvalue weighted by atomic mass is 10.1. The molecule has 0 spiro atoms. The first kappa shape index (κ1) is 24.6. The average molecular weight is 523 g/mol. The first-order valence-electron chi connectivity index (χ1n) is 10.5. The lowest BCUT2D eigenvalue weighted by Gasteiger charge is -2.22. The summed E-state index contributed by atoms with van der Waals surface area (Å²) in [4.78, 5) is 7.27. The summed E-state index contributed by atoms with van der Waals surface area (Å²) in [5, 5.41) is 3.45. The predicted octanol–water partition coefficient (Wildman–Crippen LogP) is 4.46. The summed E-state index contributed by atoms with van der Waals surface area (Å²) >= 11 is 0. The zero-order valence-corrected chi connectivity index (χ0v) is 20.4. The van der Waals surface area contributed by atoms with E-state index >= 15 is 0 Å². The van der Waals surface area contributed by atoms with Crippen LogP contribution in [0.15, 0.2) is 59.6 Å². The highest BCUT2D eigenvalue weighted by molar-refractivity contribution is 14.0. The van der Waals surface area contributed by atoms with Crippen molar-refractivity contribution in [2.24, 2.45) is 10.9 Å². The maximum atomic E-state index is 5.96. The van der Waals surface area contributed by atoms with E-state index in [2.05, 4.69) is 59.6 Å². The number of guanidine groups is 1. The van der Waals surface area contributed by atoms with E-state index in [0.717, 1.165) is 38.6 Å². The smallest absolute Gasteiger partial charge is 0.194 e. The van der Waals surface area contributed by atoms with Crippen LogP contribution >= 0.6 is 24.0 Å². The molecule has 1 heterocycles. The van der Waals surface area contributed by atoms with Crippen LogP contribution in [0.25, 0.3) is 0 Å². The zero-order chi connectivity index (χ0) is 20.3. The van der Waals surface area contributed by atoms with Gasteiger partial charge in [-0.05, 0) is 30.0 Å². The minimum absolute atomic E-state index is 0. The Hall–Kier alpha value is -1.64. The van der Waals surface area contributed by atoms with Gasteiger partial charge in [0, 0.05) is 32.7 Å². The van der Waals surface area contributed by atoms with Gasteiger partial charge in [0.15, 0.2) is 5.96 Å². The molecule has 1 N–H and O–H groups in total. The molecule has 3 rings (SSSR count). The van der Waals surface area contributed by atoms with Gasteiger partial charge in [0.2, 0.25) is 0 Å². The molecule has 164 valence electrons. The molecule has 0 aliphatic carbocycles. The van der Waals surface area contributed by atoms with E-state index in [-0.39, 0.29) is 24.0 Å². The van der Waals surface area contributed by atoms with Crippen molar-refractivity contribution in [2.45, 2.75) is 33.1 Å². The van der Waals surface area contributed by atoms with E-state index in [4.69, 9.17) is 14.5 Å². The van der Waals surface area contributed by atoms with Gasteiger partial charge in [-0.1, -0.05) is 54.6 Å². The number of nitrogens with zero attached hydrogens (tertiary/aromatic N) is 2. The Labute approximate surface area is 197 Å². The van der Waals surface area contributed by atoms with E-state index in [0.29, 0.717) is 25.7 Å². The maximum Gasteiger partial charge on any atom is 0.194 e. The van der Waals surface area contributed by atoms with Crippen molar-refractivity contribution in [1.29, 1.82) is 0 Å². The third-order valence-corrected chi connectivity index (χ3v) is 5.20. The Morgan fingerprint density at radius 1 is 1.07 bits per heavy atom. The second-order valence-electron chi connectivity index (χ2n) is 7.47. The summed E-state index contributed by atoms with van der Waals surface area (Å²) in [5.74, 6) is 1.54. The molecule has 1 atom stereocenters. The number of halogens is 1. The van der Waals surface area contributed by atoms with Gasteiger partial charge in [-0.3, -0.25) is 0 Å². The SMILES string of the molecule is CCNC(=NCc1ccccc1COC)N1CCC(COCc2ccccc2)C1.I. The van der Waals surface area contributed by atoms with Gasteiger partial charge in [0.05, 0.1) is 26.4 Å². The molecule has 5 nitrogen and oxygen atoms in total. The second-order valence-corrected chi connectivity index (χ2v) is 7.47. The van der Waals surface area contributed by atoms with E-state index in [1.165, 1.54) is 16.7 Å². The van der Waals surface area contributed by atoms with E-state index in [1.807, 2.05) is 12.1 Å². The van der Waals surface area contributed by atoms with Crippen molar-refractivity contribution < 1.29 is 9.47 Å². The van der Waals surface area contributed by atoms with E-state index in [9.17, 15) is 0 Å². The van der Waals surface area contributed by atoms with Crippen LogP contribution in [0.3, 0.4) is 0 Å². The van der Waals surface area contributed by atoms with Gasteiger partial charge in [0.25, 0.3) is 0 Å². The number of hydrogen-bond acceptors (Lipinski definition) is 3. The van der Waals surface area contributed by atoms with Gasteiger partial charge in [-0.25, -0.2) is 4.99 Å². The molecule has 1 aliphatic rings. The Bertz CT molecular complexity index is 770. The second kappa shape index (κ2) is 13.6. The first-order chi connectivity index (χ1) is 14.3. The van der Waals surface area contributed by atoms with Crippen molar-refractivity contribution in [3.8, 4) is 0 Å². The molecule has 1 aliphatic heterocycles. The minimum atomic E-state index is 0. The lowest BCUT2D eigenvalue weighted by Crippen LogP contribution is -2.40. The van der Waals surface area contributed by atoms with Gasteiger partial charge in [-0.15, -0.1) is 24.0 Å². The molecule has 2 aromatic rings. The maximum absolute atomic E-state index is 5.96. The molecule has 1 fully saturated rings. The minimum Gasteiger partial charge on any atom is -0.380 e. The van der Waals surface area contributed by atoms with Gasteiger partial charge in [0.1, 0.15) is 0 Å². The molecule has 0 aromatic heterocycles. The number of rotatable bonds is 9. The summed E-state index contributed by atoms with van der Waals surface area (Å²) in [6, 6.07) is 18.7. The first-order valence-corrected chi connectivity index (χ1v) is 10.5. The summed E-state index contributed by atoms with van der Waals surface area (Å²) < 4.78 is 11.3. The highest BCUT2D eigenvalue weighted by Crippen LogP contribution is 2.18. The topological polar surface area (TPSA) is 46.1 Å². The van der Waals surface area contributed by atoms with Crippen LogP contribution in [-0.4, -0.2) is 44.2 Å². The highest BCUT2D eigenvalue weighted by Gasteiger charge is 2.25. The summed E-state index contributed by atoms with van der Waals surface area (Å²) in [5.41, 5.74) is 3.64. The van der Waals surface area contributed by atoms with E-state index < -0.39 is 0 Å². The molecule has 2 aromatic carbocycles. The van der Waals surface area contributed by atoms with Crippen molar-refractivity contribution in [2.75, 3.05) is 33.4 Å². The Morgan fingerprint density at radius 2 is 1.80 bits per heavy atom. The third kappa shape index (κ3) is 7.56. The van der Waals surface area contributed by atoms with Crippen LogP contribution in [-0.2, 0) is 29.2 Å². The van der Waals surface area contributed by atoms with Crippen molar-refractivity contribution >= 4 is 29.9 Å². The highest BCUT2D eigenvalue weighted by atomic mass is 127. The summed E-state index contributed by atoms with van der Waals surface area (Å²) in [6.07, 6.45) is 1.14. The molecule has 1 unspecified atom stereocenters. The molecule has 6 heteroatoms. The molecule has 0 radical (unpaired) electrons. The Kier molecular flexibility index (Phi) is 11.2. The van der Waals surface area contributed by atoms with Crippen molar-refractivity contribution in [1.82, 2.24) is 10.2 Å². The van der Waals surface area contributed by atoms with Gasteiger partial charge in [-0.2, -0.15) is 0 Å². The van der Waals surface area contributed by atoms with Gasteiger partial charge < -0.3 is 19.7 Å². The number of hydrogen-bond donors (Lipinski definition) is 1. The molecule has 30 heavy (non-hydrogen) atoms. The predicted molar refractivity (Wildman–Crippen MR) is 133 cm³/mol. The third-order valence-electron chi connectivity index (χ3n) is 5.20. The number of methoxy groups -OCH3 is 1. The van der Waals surface area contributed by atoms with Gasteiger partial charge >= 0.3 is 0 Å². The van der Waals surface area contributed by atoms with Crippen LogP contribution < -0.4 is 5.32 Å². The fraction of sp³-hybridized carbons (Fsp3) is 0.458. The van der Waals surface area contributed by atoms with Crippen molar-refractivity contribution in [3.63, 3.8) is 0 Å². The zero-order valence-electron chi connectivity index (χ0n) is 18.0. The van der Waals surface area contributed by atoms with Crippen LogP contribution in [0.1, 0.15) is 30.0 Å². The van der Waals surface area contributed by atoms with Crippen molar-refractivity contribution in [3.05, 3.63) is 71.3 Å². The van der Waals surface area contributed by atoms with Crippen LogP contribution in [0.5, 0.6) is 0 Å². The number of ether oxygens (including phenoxy) is 2. The molecule has 0 bridgehead atoms. The molecule has 0 saturated carbocycles. The average Bonchev–Trinajstić information content (AvgIpc) is 3.22. The molecular weight excluding hydrogens is 489 g/mol. The molecular formula is C24H34IN3O2. The standard InChI is InChI=1S/C24H33N3O2.HI/c1-3-25-24(26-15-22-11-7-8-12-23(22)19-28-2)27-14-13-21(16-27)18-29-17-20-9-5-4-6-10-20;/h4-12,21H,3,13-19H2,1-2H3,(H,25,26);1H.